The monoisotopic (exact) mass is 425 g/mol. The van der Waals surface area contributed by atoms with Gasteiger partial charge >= 0.3 is 0 Å². The molecule has 0 aromatic heterocycles. The molecule has 1 aliphatic rings. The molecule has 0 saturated carbocycles. The first kappa shape index (κ1) is 23.2. The molecule has 0 radical (unpaired) electrons. The standard InChI is InChI=1S/C20H31N3O5S/c1-3-5-14-29(26,27)23-12-10-17(11-13-23)20(25)22-21-19(24)15-28-18-9-7-6-8-16(18)4-2/h6-9,17H,3-5,10-15H2,1-2H3,(H,21,24)(H,22,25). The Bertz CT molecular complexity index is 789. The summed E-state index contributed by atoms with van der Waals surface area (Å²) in [5, 5.41) is 0. The van der Waals surface area contributed by atoms with Crippen LogP contribution in [0.4, 0.5) is 0 Å². The van der Waals surface area contributed by atoms with Gasteiger partial charge in [0.1, 0.15) is 5.75 Å². The topological polar surface area (TPSA) is 105 Å². The number of hydrazine groups is 1. The van der Waals surface area contributed by atoms with E-state index in [-0.39, 0.29) is 24.2 Å². The Morgan fingerprint density at radius 1 is 1.14 bits per heavy atom. The maximum atomic E-state index is 12.3. The lowest BCUT2D eigenvalue weighted by Crippen LogP contribution is -2.49. The molecule has 1 aliphatic heterocycles. The molecule has 2 rings (SSSR count). The first-order valence-electron chi connectivity index (χ1n) is 10.1. The van der Waals surface area contributed by atoms with Crippen LogP contribution in [-0.2, 0) is 26.0 Å². The minimum atomic E-state index is -3.24. The number of hydrogen-bond donors (Lipinski definition) is 2. The Hall–Kier alpha value is -2.13. The number of aryl methyl sites for hydroxylation is 1. The van der Waals surface area contributed by atoms with Crippen molar-refractivity contribution < 1.29 is 22.7 Å². The number of hydrogen-bond acceptors (Lipinski definition) is 5. The molecule has 8 nitrogen and oxygen atoms in total. The van der Waals surface area contributed by atoms with E-state index in [9.17, 15) is 18.0 Å². The van der Waals surface area contributed by atoms with Crippen molar-refractivity contribution in [2.75, 3.05) is 25.4 Å². The fourth-order valence-corrected chi connectivity index (χ4v) is 4.88. The van der Waals surface area contributed by atoms with Crippen LogP contribution < -0.4 is 15.6 Å². The third-order valence-electron chi connectivity index (χ3n) is 5.01. The van der Waals surface area contributed by atoms with Gasteiger partial charge in [-0.05, 0) is 37.3 Å². The van der Waals surface area contributed by atoms with Crippen LogP contribution >= 0.6 is 0 Å². The molecular weight excluding hydrogens is 394 g/mol. The first-order chi connectivity index (χ1) is 13.9. The van der Waals surface area contributed by atoms with E-state index in [1.54, 1.807) is 6.07 Å². The van der Waals surface area contributed by atoms with Crippen LogP contribution in [-0.4, -0.2) is 50.0 Å². The highest BCUT2D eigenvalue weighted by Crippen LogP contribution is 2.20. The van der Waals surface area contributed by atoms with Gasteiger partial charge in [-0.1, -0.05) is 38.5 Å². The van der Waals surface area contributed by atoms with E-state index >= 15 is 0 Å². The number of nitrogens with zero attached hydrogens (tertiary/aromatic N) is 1. The lowest BCUT2D eigenvalue weighted by atomic mass is 9.98. The van der Waals surface area contributed by atoms with E-state index in [0.29, 0.717) is 38.1 Å². The lowest BCUT2D eigenvalue weighted by Gasteiger charge is -2.30. The van der Waals surface area contributed by atoms with Gasteiger partial charge in [0, 0.05) is 19.0 Å². The molecule has 2 amide bonds. The molecule has 1 aromatic carbocycles. The van der Waals surface area contributed by atoms with Crippen LogP contribution in [0.3, 0.4) is 0 Å². The van der Waals surface area contributed by atoms with Gasteiger partial charge in [0.15, 0.2) is 6.61 Å². The van der Waals surface area contributed by atoms with Crippen molar-refractivity contribution in [1.29, 1.82) is 0 Å². The third kappa shape index (κ3) is 7.01. The van der Waals surface area contributed by atoms with Crippen molar-refractivity contribution in [3.05, 3.63) is 29.8 Å². The smallest absolute Gasteiger partial charge is 0.276 e. The molecule has 0 aliphatic carbocycles. The molecule has 1 saturated heterocycles. The van der Waals surface area contributed by atoms with Gasteiger partial charge in [-0.2, -0.15) is 0 Å². The minimum absolute atomic E-state index is 0.150. The van der Waals surface area contributed by atoms with Gasteiger partial charge in [-0.3, -0.25) is 20.4 Å². The maximum absolute atomic E-state index is 12.3. The number of unbranched alkanes of at least 4 members (excludes halogenated alkanes) is 1. The van der Waals surface area contributed by atoms with E-state index in [1.165, 1.54) is 4.31 Å². The molecule has 9 heteroatoms. The number of amides is 2. The van der Waals surface area contributed by atoms with Crippen molar-refractivity contribution in [1.82, 2.24) is 15.2 Å². The number of para-hydroxylation sites is 1. The molecular formula is C20H31N3O5S. The molecule has 1 aromatic rings. The Kier molecular flexibility index (Phi) is 8.91. The van der Waals surface area contributed by atoms with Crippen LogP contribution in [0.5, 0.6) is 5.75 Å². The molecule has 29 heavy (non-hydrogen) atoms. The first-order valence-corrected chi connectivity index (χ1v) is 11.8. The fourth-order valence-electron chi connectivity index (χ4n) is 3.20. The number of ether oxygens (including phenoxy) is 1. The molecule has 162 valence electrons. The summed E-state index contributed by atoms with van der Waals surface area (Å²) < 4.78 is 31.4. The second kappa shape index (κ2) is 11.2. The number of sulfonamides is 1. The minimum Gasteiger partial charge on any atom is -0.483 e. The Morgan fingerprint density at radius 2 is 1.83 bits per heavy atom. The lowest BCUT2D eigenvalue weighted by molar-refractivity contribution is -0.132. The summed E-state index contributed by atoms with van der Waals surface area (Å²) in [6, 6.07) is 7.48. The summed E-state index contributed by atoms with van der Waals surface area (Å²) in [6.07, 6.45) is 3.13. The zero-order valence-corrected chi connectivity index (χ0v) is 18.0. The quantitative estimate of drug-likeness (QED) is 0.585. The van der Waals surface area contributed by atoms with Gasteiger partial charge in [-0.15, -0.1) is 0 Å². The molecule has 1 heterocycles. The van der Waals surface area contributed by atoms with Crippen LogP contribution in [0.25, 0.3) is 0 Å². The number of benzene rings is 1. The van der Waals surface area contributed by atoms with Gasteiger partial charge in [0.25, 0.3) is 5.91 Å². The van der Waals surface area contributed by atoms with Crippen molar-refractivity contribution >= 4 is 21.8 Å². The average Bonchev–Trinajstić information content (AvgIpc) is 2.74. The highest BCUT2D eigenvalue weighted by atomic mass is 32.2. The molecule has 0 atom stereocenters. The van der Waals surface area contributed by atoms with E-state index < -0.39 is 15.9 Å². The molecule has 2 N–H and O–H groups in total. The van der Waals surface area contributed by atoms with Gasteiger partial charge < -0.3 is 4.74 Å². The summed E-state index contributed by atoms with van der Waals surface area (Å²) in [7, 11) is -3.24. The SMILES string of the molecule is CCCCS(=O)(=O)N1CCC(C(=O)NNC(=O)COc2ccccc2CC)CC1. The fraction of sp³-hybridized carbons (Fsp3) is 0.600. The van der Waals surface area contributed by atoms with E-state index in [1.807, 2.05) is 32.0 Å². The number of carbonyl (C=O) groups is 2. The van der Waals surface area contributed by atoms with E-state index in [2.05, 4.69) is 10.9 Å². The van der Waals surface area contributed by atoms with Crippen LogP contribution in [0.2, 0.25) is 0 Å². The van der Waals surface area contributed by atoms with Crippen molar-refractivity contribution in [2.24, 2.45) is 5.92 Å². The second-order valence-electron chi connectivity index (χ2n) is 7.13. The largest absolute Gasteiger partial charge is 0.483 e. The van der Waals surface area contributed by atoms with Gasteiger partial charge in [0.05, 0.1) is 5.75 Å². The summed E-state index contributed by atoms with van der Waals surface area (Å²) in [5.74, 6) is -0.290. The molecule has 0 spiro atoms. The highest BCUT2D eigenvalue weighted by molar-refractivity contribution is 7.89. The van der Waals surface area contributed by atoms with Gasteiger partial charge in [0.2, 0.25) is 15.9 Å². The summed E-state index contributed by atoms with van der Waals surface area (Å²) in [4.78, 5) is 24.2. The summed E-state index contributed by atoms with van der Waals surface area (Å²) in [5.41, 5.74) is 5.78. The van der Waals surface area contributed by atoms with Crippen LogP contribution in [0.1, 0.15) is 45.1 Å². The Labute approximate surface area is 173 Å². The molecule has 1 fully saturated rings. The zero-order valence-electron chi connectivity index (χ0n) is 17.1. The Balaban J connectivity index is 1.72. The van der Waals surface area contributed by atoms with Crippen molar-refractivity contribution in [3.8, 4) is 5.75 Å². The van der Waals surface area contributed by atoms with Crippen molar-refractivity contribution in [2.45, 2.75) is 46.0 Å². The van der Waals surface area contributed by atoms with E-state index in [0.717, 1.165) is 18.4 Å². The average molecular weight is 426 g/mol. The second-order valence-corrected chi connectivity index (χ2v) is 9.22. The number of carbonyl (C=O) groups excluding carboxylic acids is 2. The maximum Gasteiger partial charge on any atom is 0.276 e. The van der Waals surface area contributed by atoms with E-state index in [4.69, 9.17) is 4.74 Å². The number of rotatable bonds is 9. The summed E-state index contributed by atoms with van der Waals surface area (Å²) >= 11 is 0. The molecule has 0 unspecified atom stereocenters. The predicted octanol–water partition coefficient (Wildman–Crippen LogP) is 1.62. The third-order valence-corrected chi connectivity index (χ3v) is 6.97. The van der Waals surface area contributed by atoms with Crippen molar-refractivity contribution in [3.63, 3.8) is 0 Å². The van der Waals surface area contributed by atoms with Crippen LogP contribution in [0, 0.1) is 5.92 Å². The highest BCUT2D eigenvalue weighted by Gasteiger charge is 2.30. The van der Waals surface area contributed by atoms with Crippen LogP contribution in [0.15, 0.2) is 24.3 Å². The zero-order chi connectivity index (χ0) is 21.3. The van der Waals surface area contributed by atoms with Gasteiger partial charge in [-0.25, -0.2) is 12.7 Å². The normalized spacial score (nSPS) is 15.7. The molecule has 0 bridgehead atoms. The number of piperidine rings is 1. The predicted molar refractivity (Wildman–Crippen MR) is 111 cm³/mol. The Morgan fingerprint density at radius 3 is 2.48 bits per heavy atom. The summed E-state index contributed by atoms with van der Waals surface area (Å²) in [6.45, 7) is 4.41. The number of nitrogens with one attached hydrogen (secondary N) is 2.